The van der Waals surface area contributed by atoms with Crippen molar-refractivity contribution in [2.24, 2.45) is 5.92 Å². The fourth-order valence-corrected chi connectivity index (χ4v) is 2.44. The molecule has 3 nitrogen and oxygen atoms in total. The number of hydrogen-bond donors (Lipinski definition) is 1. The Bertz CT molecular complexity index is 581. The van der Waals surface area contributed by atoms with Crippen molar-refractivity contribution in [1.29, 1.82) is 0 Å². The van der Waals surface area contributed by atoms with E-state index >= 15 is 0 Å². The molecule has 0 bridgehead atoms. The number of nitrogens with one attached hydrogen (secondary N) is 1. The standard InChI is InChI=1S/C17H19ClN2O/c1-12(2)16(14-5-7-15(18)8-6-14)17(21)20-11-13-4-3-9-19-10-13/h3-10,12,16H,11H2,1-2H3,(H,20,21)/t16-/m1/s1. The van der Waals surface area contributed by atoms with Crippen LogP contribution in [-0.2, 0) is 11.3 Å². The van der Waals surface area contributed by atoms with Crippen molar-refractivity contribution in [2.45, 2.75) is 26.3 Å². The minimum Gasteiger partial charge on any atom is -0.351 e. The van der Waals surface area contributed by atoms with Gasteiger partial charge in [-0.25, -0.2) is 0 Å². The van der Waals surface area contributed by atoms with Crippen LogP contribution in [0.25, 0.3) is 0 Å². The zero-order chi connectivity index (χ0) is 15.2. The maximum atomic E-state index is 12.5. The Balaban J connectivity index is 2.07. The van der Waals surface area contributed by atoms with Gasteiger partial charge in [0, 0.05) is 24.0 Å². The van der Waals surface area contributed by atoms with Crippen LogP contribution < -0.4 is 5.32 Å². The van der Waals surface area contributed by atoms with Gasteiger partial charge in [0.15, 0.2) is 0 Å². The third-order valence-corrected chi connectivity index (χ3v) is 3.62. The van der Waals surface area contributed by atoms with E-state index in [1.54, 1.807) is 12.4 Å². The molecule has 2 rings (SSSR count). The van der Waals surface area contributed by atoms with E-state index in [0.717, 1.165) is 11.1 Å². The van der Waals surface area contributed by atoms with Gasteiger partial charge in [0.2, 0.25) is 5.91 Å². The van der Waals surface area contributed by atoms with E-state index in [2.05, 4.69) is 10.3 Å². The van der Waals surface area contributed by atoms with Crippen molar-refractivity contribution in [3.05, 3.63) is 64.9 Å². The summed E-state index contributed by atoms with van der Waals surface area (Å²) in [6.07, 6.45) is 3.48. The summed E-state index contributed by atoms with van der Waals surface area (Å²) < 4.78 is 0. The molecule has 0 aliphatic carbocycles. The summed E-state index contributed by atoms with van der Waals surface area (Å²) in [6, 6.07) is 11.3. The number of carbonyl (C=O) groups is 1. The van der Waals surface area contributed by atoms with E-state index in [-0.39, 0.29) is 17.7 Å². The van der Waals surface area contributed by atoms with Crippen LogP contribution in [0.2, 0.25) is 5.02 Å². The van der Waals surface area contributed by atoms with Gasteiger partial charge in [-0.3, -0.25) is 9.78 Å². The molecule has 0 unspecified atom stereocenters. The Morgan fingerprint density at radius 3 is 2.52 bits per heavy atom. The summed E-state index contributed by atoms with van der Waals surface area (Å²) >= 11 is 5.91. The fraction of sp³-hybridized carbons (Fsp3) is 0.294. The molecule has 1 aromatic carbocycles. The molecule has 1 aromatic heterocycles. The maximum Gasteiger partial charge on any atom is 0.228 e. The van der Waals surface area contributed by atoms with Crippen molar-refractivity contribution in [3.8, 4) is 0 Å². The first-order chi connectivity index (χ1) is 10.1. The van der Waals surface area contributed by atoms with Gasteiger partial charge >= 0.3 is 0 Å². The van der Waals surface area contributed by atoms with Crippen molar-refractivity contribution in [2.75, 3.05) is 0 Å². The Labute approximate surface area is 130 Å². The second-order valence-electron chi connectivity index (χ2n) is 5.35. The van der Waals surface area contributed by atoms with Gasteiger partial charge in [0.05, 0.1) is 5.92 Å². The molecular weight excluding hydrogens is 284 g/mol. The lowest BCUT2D eigenvalue weighted by Gasteiger charge is -2.21. The number of rotatable bonds is 5. The number of benzene rings is 1. The molecule has 21 heavy (non-hydrogen) atoms. The summed E-state index contributed by atoms with van der Waals surface area (Å²) in [4.78, 5) is 16.5. The van der Waals surface area contributed by atoms with E-state index in [4.69, 9.17) is 11.6 Å². The number of nitrogens with zero attached hydrogens (tertiary/aromatic N) is 1. The van der Waals surface area contributed by atoms with E-state index in [9.17, 15) is 4.79 Å². The van der Waals surface area contributed by atoms with E-state index in [1.165, 1.54) is 0 Å². The number of carbonyl (C=O) groups excluding carboxylic acids is 1. The minimum absolute atomic E-state index is 0.0242. The third kappa shape index (κ3) is 4.30. The van der Waals surface area contributed by atoms with Gasteiger partial charge in [0.1, 0.15) is 0 Å². The predicted octanol–water partition coefficient (Wildman–Crippen LogP) is 3.79. The molecule has 1 heterocycles. The second-order valence-corrected chi connectivity index (χ2v) is 5.79. The van der Waals surface area contributed by atoms with Crippen LogP contribution in [0.15, 0.2) is 48.8 Å². The summed E-state index contributed by atoms with van der Waals surface area (Å²) in [7, 11) is 0. The zero-order valence-corrected chi connectivity index (χ0v) is 13.0. The molecule has 0 spiro atoms. The second kappa shape index (κ2) is 7.23. The molecule has 0 saturated heterocycles. The summed E-state index contributed by atoms with van der Waals surface area (Å²) in [5.74, 6) is 0.0511. The molecule has 1 amide bonds. The first-order valence-electron chi connectivity index (χ1n) is 7.00. The number of amides is 1. The largest absolute Gasteiger partial charge is 0.351 e. The number of hydrogen-bond acceptors (Lipinski definition) is 2. The number of pyridine rings is 1. The molecular formula is C17H19ClN2O. The van der Waals surface area contributed by atoms with Crippen molar-refractivity contribution in [1.82, 2.24) is 10.3 Å². The van der Waals surface area contributed by atoms with Crippen LogP contribution >= 0.6 is 11.6 Å². The third-order valence-electron chi connectivity index (χ3n) is 3.37. The highest BCUT2D eigenvalue weighted by Gasteiger charge is 2.23. The number of halogens is 1. The maximum absolute atomic E-state index is 12.5. The molecule has 0 radical (unpaired) electrons. The first-order valence-corrected chi connectivity index (χ1v) is 7.38. The molecule has 1 atom stereocenters. The molecule has 4 heteroatoms. The highest BCUT2D eigenvalue weighted by atomic mass is 35.5. The van der Waals surface area contributed by atoms with Gasteiger partial charge in [-0.05, 0) is 35.2 Å². The SMILES string of the molecule is CC(C)[C@@H](C(=O)NCc1cccnc1)c1ccc(Cl)cc1. The Morgan fingerprint density at radius 2 is 1.95 bits per heavy atom. The van der Waals surface area contributed by atoms with E-state index in [1.807, 2.05) is 50.2 Å². The van der Waals surface area contributed by atoms with Crippen LogP contribution in [0, 0.1) is 5.92 Å². The van der Waals surface area contributed by atoms with Crippen LogP contribution in [-0.4, -0.2) is 10.9 Å². The molecule has 1 N–H and O–H groups in total. The minimum atomic E-state index is -0.182. The van der Waals surface area contributed by atoms with Gasteiger partial charge < -0.3 is 5.32 Å². The van der Waals surface area contributed by atoms with Crippen molar-refractivity contribution < 1.29 is 4.79 Å². The monoisotopic (exact) mass is 302 g/mol. The Morgan fingerprint density at radius 1 is 1.24 bits per heavy atom. The quantitative estimate of drug-likeness (QED) is 0.913. The smallest absolute Gasteiger partial charge is 0.228 e. The van der Waals surface area contributed by atoms with E-state index < -0.39 is 0 Å². The van der Waals surface area contributed by atoms with Gasteiger partial charge in [-0.15, -0.1) is 0 Å². The zero-order valence-electron chi connectivity index (χ0n) is 12.2. The summed E-state index contributed by atoms with van der Waals surface area (Å²) in [6.45, 7) is 4.58. The highest BCUT2D eigenvalue weighted by Crippen LogP contribution is 2.26. The van der Waals surface area contributed by atoms with Crippen molar-refractivity contribution >= 4 is 17.5 Å². The molecule has 0 aliphatic heterocycles. The highest BCUT2D eigenvalue weighted by molar-refractivity contribution is 6.30. The Kier molecular flexibility index (Phi) is 5.34. The molecule has 0 fully saturated rings. The lowest BCUT2D eigenvalue weighted by molar-refractivity contribution is -0.123. The molecule has 0 aliphatic rings. The normalized spacial score (nSPS) is 12.2. The van der Waals surface area contributed by atoms with Crippen LogP contribution in [0.4, 0.5) is 0 Å². The van der Waals surface area contributed by atoms with Gasteiger partial charge in [0.25, 0.3) is 0 Å². The van der Waals surface area contributed by atoms with Crippen LogP contribution in [0.3, 0.4) is 0 Å². The lowest BCUT2D eigenvalue weighted by Crippen LogP contribution is -2.31. The fourth-order valence-electron chi connectivity index (χ4n) is 2.31. The topological polar surface area (TPSA) is 42.0 Å². The first kappa shape index (κ1) is 15.5. The van der Waals surface area contributed by atoms with Gasteiger partial charge in [-0.2, -0.15) is 0 Å². The van der Waals surface area contributed by atoms with E-state index in [0.29, 0.717) is 11.6 Å². The average molecular weight is 303 g/mol. The number of aromatic nitrogens is 1. The predicted molar refractivity (Wildman–Crippen MR) is 85.1 cm³/mol. The summed E-state index contributed by atoms with van der Waals surface area (Å²) in [5.41, 5.74) is 1.97. The van der Waals surface area contributed by atoms with Gasteiger partial charge in [-0.1, -0.05) is 43.6 Å². The van der Waals surface area contributed by atoms with Crippen molar-refractivity contribution in [3.63, 3.8) is 0 Å². The summed E-state index contributed by atoms with van der Waals surface area (Å²) in [5, 5.41) is 3.66. The molecule has 0 saturated carbocycles. The Hall–Kier alpha value is -1.87. The average Bonchev–Trinajstić information content (AvgIpc) is 2.48. The molecule has 110 valence electrons. The van der Waals surface area contributed by atoms with Crippen LogP contribution in [0.1, 0.15) is 30.9 Å². The van der Waals surface area contributed by atoms with Crippen LogP contribution in [0.5, 0.6) is 0 Å². The lowest BCUT2D eigenvalue weighted by atomic mass is 9.87. The molecule has 2 aromatic rings.